The zero-order valence-corrected chi connectivity index (χ0v) is 20.1. The topological polar surface area (TPSA) is 98.1 Å². The lowest BCUT2D eigenvalue weighted by Crippen LogP contribution is -2.47. The smallest absolute Gasteiger partial charge is 0.287 e. The summed E-state index contributed by atoms with van der Waals surface area (Å²) in [7, 11) is -3.68. The molecule has 33 heavy (non-hydrogen) atoms. The van der Waals surface area contributed by atoms with Crippen LogP contribution in [0.5, 0.6) is 0 Å². The van der Waals surface area contributed by atoms with Gasteiger partial charge in [-0.2, -0.15) is 4.31 Å². The molecule has 1 aromatic carbocycles. The molecule has 2 aromatic rings. The molecule has 0 unspecified atom stereocenters. The van der Waals surface area contributed by atoms with Crippen molar-refractivity contribution in [2.24, 2.45) is 5.92 Å². The first-order valence-electron chi connectivity index (χ1n) is 11.9. The van der Waals surface area contributed by atoms with Crippen LogP contribution in [0.1, 0.15) is 61.6 Å². The molecular weight excluding hydrogens is 444 g/mol. The molecule has 1 N–H and O–H groups in total. The molecule has 1 spiro atoms. The van der Waals surface area contributed by atoms with Crippen molar-refractivity contribution in [1.29, 1.82) is 0 Å². The number of carbonyl (C=O) groups is 1. The van der Waals surface area contributed by atoms with Crippen molar-refractivity contribution < 1.29 is 27.1 Å². The third-order valence-corrected chi connectivity index (χ3v) is 9.30. The molecule has 2 saturated heterocycles. The summed E-state index contributed by atoms with van der Waals surface area (Å²) in [6.45, 7) is 5.85. The number of fused-ring (bicyclic) bond motifs is 1. The highest BCUT2D eigenvalue weighted by atomic mass is 32.2. The van der Waals surface area contributed by atoms with Crippen LogP contribution in [0.2, 0.25) is 0 Å². The summed E-state index contributed by atoms with van der Waals surface area (Å²) in [6.07, 6.45) is 5.21. The van der Waals surface area contributed by atoms with Gasteiger partial charge < -0.3 is 19.2 Å². The molecule has 1 aromatic heterocycles. The average Bonchev–Trinajstić information content (AvgIpc) is 3.40. The van der Waals surface area contributed by atoms with E-state index in [1.54, 1.807) is 25.1 Å². The molecule has 2 aliphatic heterocycles. The van der Waals surface area contributed by atoms with Gasteiger partial charge in [-0.25, -0.2) is 8.42 Å². The number of aryl methyl sites for hydroxylation is 1. The summed E-state index contributed by atoms with van der Waals surface area (Å²) < 4.78 is 45.4. The molecule has 9 heteroatoms. The van der Waals surface area contributed by atoms with Crippen LogP contribution in [0.4, 0.5) is 0 Å². The van der Waals surface area contributed by atoms with Gasteiger partial charge in [-0.1, -0.05) is 6.92 Å². The standard InChI is InChI=1S/C24H32N2O6S/c1-16-3-5-18(6-4-16)25-23(27)22-17(2)20-15-19(7-8-21(20)32-22)33(28,29)26-11-9-24(10-12-26)30-13-14-31-24/h7-8,15-16,18H,3-6,9-14H2,1-2H3,(H,25,27). The minimum atomic E-state index is -3.68. The molecule has 1 aliphatic carbocycles. The molecule has 3 fully saturated rings. The van der Waals surface area contributed by atoms with Crippen molar-refractivity contribution >= 4 is 26.9 Å². The maximum atomic E-state index is 13.3. The van der Waals surface area contributed by atoms with Gasteiger partial charge in [-0.3, -0.25) is 4.79 Å². The van der Waals surface area contributed by atoms with E-state index in [-0.39, 0.29) is 22.6 Å². The zero-order valence-electron chi connectivity index (χ0n) is 19.3. The first kappa shape index (κ1) is 22.8. The number of ether oxygens (including phenoxy) is 2. The van der Waals surface area contributed by atoms with Gasteiger partial charge in [0.25, 0.3) is 5.91 Å². The fourth-order valence-electron chi connectivity index (χ4n) is 5.23. The Kier molecular flexibility index (Phi) is 6.01. The van der Waals surface area contributed by atoms with Crippen LogP contribution >= 0.6 is 0 Å². The highest BCUT2D eigenvalue weighted by Gasteiger charge is 2.42. The Morgan fingerprint density at radius 3 is 2.42 bits per heavy atom. The van der Waals surface area contributed by atoms with E-state index in [2.05, 4.69) is 12.2 Å². The molecular formula is C24H32N2O6S. The maximum absolute atomic E-state index is 13.3. The zero-order chi connectivity index (χ0) is 23.2. The van der Waals surface area contributed by atoms with Gasteiger partial charge >= 0.3 is 0 Å². The first-order chi connectivity index (χ1) is 15.8. The van der Waals surface area contributed by atoms with Crippen molar-refractivity contribution in [3.05, 3.63) is 29.5 Å². The van der Waals surface area contributed by atoms with Crippen molar-refractivity contribution in [3.8, 4) is 0 Å². The summed E-state index contributed by atoms with van der Waals surface area (Å²) in [5, 5.41) is 3.74. The van der Waals surface area contributed by atoms with E-state index in [4.69, 9.17) is 13.9 Å². The molecule has 0 bridgehead atoms. The van der Waals surface area contributed by atoms with Gasteiger partial charge in [-0.15, -0.1) is 0 Å². The second-order valence-electron chi connectivity index (χ2n) is 9.66. The molecule has 3 heterocycles. The summed E-state index contributed by atoms with van der Waals surface area (Å²) in [5.74, 6) is 0.102. The predicted octanol–water partition coefficient (Wildman–Crippen LogP) is 3.58. The Balaban J connectivity index is 1.34. The molecule has 8 nitrogen and oxygen atoms in total. The van der Waals surface area contributed by atoms with Gasteiger partial charge in [0.15, 0.2) is 11.5 Å². The molecule has 3 aliphatic rings. The second-order valence-corrected chi connectivity index (χ2v) is 11.6. The van der Waals surface area contributed by atoms with Crippen LogP contribution in [-0.4, -0.2) is 56.8 Å². The number of nitrogens with one attached hydrogen (secondary N) is 1. The molecule has 1 saturated carbocycles. The Bertz CT molecular complexity index is 1130. The van der Waals surface area contributed by atoms with Crippen LogP contribution in [0.15, 0.2) is 27.5 Å². The summed E-state index contributed by atoms with van der Waals surface area (Å²) in [5.41, 5.74) is 1.17. The van der Waals surface area contributed by atoms with Crippen molar-refractivity contribution in [2.45, 2.75) is 69.1 Å². The average molecular weight is 477 g/mol. The largest absolute Gasteiger partial charge is 0.451 e. The van der Waals surface area contributed by atoms with E-state index in [9.17, 15) is 13.2 Å². The van der Waals surface area contributed by atoms with E-state index in [0.717, 1.165) is 25.7 Å². The third-order valence-electron chi connectivity index (χ3n) is 7.40. The first-order valence-corrected chi connectivity index (χ1v) is 13.3. The Morgan fingerprint density at radius 2 is 1.76 bits per heavy atom. The molecule has 0 radical (unpaired) electrons. The maximum Gasteiger partial charge on any atom is 0.287 e. The number of rotatable bonds is 4. The Hall–Kier alpha value is -1.94. The number of hydrogen-bond donors (Lipinski definition) is 1. The van der Waals surface area contributed by atoms with Gasteiger partial charge in [-0.05, 0) is 56.7 Å². The van der Waals surface area contributed by atoms with Gasteiger partial charge in [0, 0.05) is 42.9 Å². The van der Waals surface area contributed by atoms with Crippen LogP contribution < -0.4 is 5.32 Å². The van der Waals surface area contributed by atoms with Crippen molar-refractivity contribution in [1.82, 2.24) is 9.62 Å². The number of nitrogens with zero attached hydrogens (tertiary/aromatic N) is 1. The number of carbonyl (C=O) groups excluding carboxylic acids is 1. The number of benzene rings is 1. The lowest BCUT2D eigenvalue weighted by atomic mass is 9.87. The minimum Gasteiger partial charge on any atom is -0.451 e. The molecule has 0 atom stereocenters. The van der Waals surface area contributed by atoms with Gasteiger partial charge in [0.05, 0.1) is 18.1 Å². The quantitative estimate of drug-likeness (QED) is 0.724. The van der Waals surface area contributed by atoms with Crippen LogP contribution in [-0.2, 0) is 19.5 Å². The van der Waals surface area contributed by atoms with Crippen molar-refractivity contribution in [2.75, 3.05) is 26.3 Å². The van der Waals surface area contributed by atoms with E-state index >= 15 is 0 Å². The van der Waals surface area contributed by atoms with Crippen LogP contribution in [0.25, 0.3) is 11.0 Å². The number of piperidine rings is 1. The highest BCUT2D eigenvalue weighted by Crippen LogP contribution is 2.35. The third kappa shape index (κ3) is 4.32. The Labute approximate surface area is 194 Å². The van der Waals surface area contributed by atoms with Crippen LogP contribution in [0, 0.1) is 12.8 Å². The minimum absolute atomic E-state index is 0.160. The van der Waals surface area contributed by atoms with E-state index in [0.29, 0.717) is 61.6 Å². The van der Waals surface area contributed by atoms with E-state index < -0.39 is 15.8 Å². The van der Waals surface area contributed by atoms with E-state index in [1.807, 2.05) is 0 Å². The summed E-state index contributed by atoms with van der Waals surface area (Å²) in [6, 6.07) is 4.98. The number of hydrogen-bond acceptors (Lipinski definition) is 6. The molecule has 180 valence electrons. The monoisotopic (exact) mass is 476 g/mol. The molecule has 1 amide bonds. The fraction of sp³-hybridized carbons (Fsp3) is 0.625. The lowest BCUT2D eigenvalue weighted by molar-refractivity contribution is -0.179. The second kappa shape index (κ2) is 8.69. The molecule has 5 rings (SSSR count). The SMILES string of the molecule is Cc1c(C(=O)NC2CCC(C)CC2)oc2ccc(S(=O)(=O)N3CCC4(CC3)OCCO4)cc12. The van der Waals surface area contributed by atoms with Gasteiger partial charge in [0.1, 0.15) is 5.58 Å². The number of amides is 1. The summed E-state index contributed by atoms with van der Waals surface area (Å²) in [4.78, 5) is 13.1. The van der Waals surface area contributed by atoms with Gasteiger partial charge in [0.2, 0.25) is 10.0 Å². The summed E-state index contributed by atoms with van der Waals surface area (Å²) >= 11 is 0. The number of sulfonamides is 1. The predicted molar refractivity (Wildman–Crippen MR) is 122 cm³/mol. The van der Waals surface area contributed by atoms with Crippen LogP contribution in [0.3, 0.4) is 0 Å². The van der Waals surface area contributed by atoms with Crippen molar-refractivity contribution in [3.63, 3.8) is 0 Å². The number of furan rings is 1. The fourth-order valence-corrected chi connectivity index (χ4v) is 6.70. The van der Waals surface area contributed by atoms with E-state index in [1.165, 1.54) is 4.31 Å². The lowest BCUT2D eigenvalue weighted by Gasteiger charge is -2.36. The highest BCUT2D eigenvalue weighted by molar-refractivity contribution is 7.89. The normalized spacial score (nSPS) is 26.1. The Morgan fingerprint density at radius 1 is 1.09 bits per heavy atom.